The van der Waals surface area contributed by atoms with Crippen molar-refractivity contribution in [1.82, 2.24) is 25.0 Å². The lowest BCUT2D eigenvalue weighted by atomic mass is 10.1. The van der Waals surface area contributed by atoms with Crippen molar-refractivity contribution in [3.63, 3.8) is 0 Å². The number of aromatic nitrogens is 4. The number of nitrogens with zero attached hydrogens (tertiary/aromatic N) is 6. The first-order valence-corrected chi connectivity index (χ1v) is 8.98. The Balaban J connectivity index is 1.53. The lowest BCUT2D eigenvalue weighted by Gasteiger charge is -2.26. The molecular weight excluding hydrogens is 336 g/mol. The summed E-state index contributed by atoms with van der Waals surface area (Å²) in [6.07, 6.45) is 4.34. The number of hydrogen-bond donors (Lipinski definition) is 0. The van der Waals surface area contributed by atoms with Gasteiger partial charge in [0, 0.05) is 32.3 Å². The van der Waals surface area contributed by atoms with E-state index in [1.807, 2.05) is 6.92 Å². The summed E-state index contributed by atoms with van der Waals surface area (Å²) in [6, 6.07) is 0. The summed E-state index contributed by atoms with van der Waals surface area (Å²) in [5.41, 5.74) is 1.50. The molecule has 2 aliphatic heterocycles. The number of amides is 1. The molecule has 1 amide bonds. The van der Waals surface area contributed by atoms with Gasteiger partial charge in [-0.3, -0.25) is 4.79 Å². The highest BCUT2D eigenvalue weighted by Crippen LogP contribution is 2.22. The molecule has 4 rings (SSSR count). The van der Waals surface area contributed by atoms with Crippen molar-refractivity contribution in [2.24, 2.45) is 0 Å². The van der Waals surface area contributed by atoms with Crippen LogP contribution in [0.5, 0.6) is 0 Å². The number of piperidine rings is 1. The average molecular weight is 358 g/mol. The van der Waals surface area contributed by atoms with Gasteiger partial charge in [0.15, 0.2) is 5.82 Å². The van der Waals surface area contributed by atoms with Crippen molar-refractivity contribution in [3.8, 4) is 11.6 Å². The van der Waals surface area contributed by atoms with Gasteiger partial charge >= 0.3 is 0 Å². The van der Waals surface area contributed by atoms with Crippen molar-refractivity contribution in [2.75, 3.05) is 37.7 Å². The first-order chi connectivity index (χ1) is 12.7. The van der Waals surface area contributed by atoms with Crippen LogP contribution in [-0.4, -0.2) is 63.8 Å². The molecule has 2 aromatic rings. The van der Waals surface area contributed by atoms with Crippen LogP contribution in [-0.2, 0) is 16.1 Å². The number of carbonyl (C=O) groups is 1. The molecule has 0 aliphatic carbocycles. The standard InChI is InChI=1S/C17H22N6O3/c1-12-10-18-17(22-6-8-25-9-7-22)20-15(12)16-19-13(21-26-16)11-23-5-3-2-4-14(23)24/h10H,2-9,11H2,1H3. The second-order valence-corrected chi connectivity index (χ2v) is 6.59. The van der Waals surface area contributed by atoms with E-state index in [-0.39, 0.29) is 5.91 Å². The van der Waals surface area contributed by atoms with Gasteiger partial charge < -0.3 is 19.1 Å². The van der Waals surface area contributed by atoms with E-state index >= 15 is 0 Å². The van der Waals surface area contributed by atoms with Crippen LogP contribution in [0.1, 0.15) is 30.7 Å². The molecule has 26 heavy (non-hydrogen) atoms. The second-order valence-electron chi connectivity index (χ2n) is 6.59. The van der Waals surface area contributed by atoms with Crippen LogP contribution in [0.4, 0.5) is 5.95 Å². The fraction of sp³-hybridized carbons (Fsp3) is 0.588. The molecule has 0 spiro atoms. The number of carbonyl (C=O) groups excluding carboxylic acids is 1. The summed E-state index contributed by atoms with van der Waals surface area (Å²) in [5.74, 6) is 1.65. The van der Waals surface area contributed by atoms with Gasteiger partial charge in [0.25, 0.3) is 5.89 Å². The Morgan fingerprint density at radius 3 is 2.81 bits per heavy atom. The van der Waals surface area contributed by atoms with Gasteiger partial charge in [0.05, 0.1) is 19.8 Å². The molecule has 0 bridgehead atoms. The van der Waals surface area contributed by atoms with Crippen LogP contribution >= 0.6 is 0 Å². The molecule has 0 N–H and O–H groups in total. The summed E-state index contributed by atoms with van der Waals surface area (Å²) < 4.78 is 10.8. The molecule has 0 radical (unpaired) electrons. The molecule has 2 fully saturated rings. The fourth-order valence-electron chi connectivity index (χ4n) is 3.18. The second kappa shape index (κ2) is 7.36. The van der Waals surface area contributed by atoms with E-state index in [0.717, 1.165) is 38.0 Å². The van der Waals surface area contributed by atoms with Gasteiger partial charge in [-0.1, -0.05) is 5.16 Å². The molecule has 2 aromatic heterocycles. The van der Waals surface area contributed by atoms with Crippen LogP contribution in [0, 0.1) is 6.92 Å². The van der Waals surface area contributed by atoms with Crippen LogP contribution in [0.3, 0.4) is 0 Å². The zero-order valence-corrected chi connectivity index (χ0v) is 14.8. The largest absolute Gasteiger partial charge is 0.378 e. The van der Waals surface area contributed by atoms with Crippen molar-refractivity contribution in [1.29, 1.82) is 0 Å². The quantitative estimate of drug-likeness (QED) is 0.804. The van der Waals surface area contributed by atoms with Crippen LogP contribution in [0.25, 0.3) is 11.6 Å². The van der Waals surface area contributed by atoms with Gasteiger partial charge in [0.1, 0.15) is 5.69 Å². The molecule has 0 unspecified atom stereocenters. The van der Waals surface area contributed by atoms with E-state index in [2.05, 4.69) is 25.0 Å². The van der Waals surface area contributed by atoms with Crippen LogP contribution in [0.2, 0.25) is 0 Å². The Bertz CT molecular complexity index is 787. The Morgan fingerprint density at radius 1 is 1.15 bits per heavy atom. The Kier molecular flexibility index (Phi) is 4.79. The van der Waals surface area contributed by atoms with Gasteiger partial charge in [-0.2, -0.15) is 4.98 Å². The number of likely N-dealkylation sites (tertiary alicyclic amines) is 1. The average Bonchev–Trinajstić information content (AvgIpc) is 3.13. The zero-order valence-electron chi connectivity index (χ0n) is 14.8. The highest BCUT2D eigenvalue weighted by Gasteiger charge is 2.22. The Labute approximate surface area is 151 Å². The third-order valence-corrected chi connectivity index (χ3v) is 4.68. The maximum absolute atomic E-state index is 12.0. The SMILES string of the molecule is Cc1cnc(N2CCOCC2)nc1-c1nc(CN2CCCCC2=O)no1. The third-order valence-electron chi connectivity index (χ3n) is 4.68. The summed E-state index contributed by atoms with van der Waals surface area (Å²) >= 11 is 0. The minimum absolute atomic E-state index is 0.149. The lowest BCUT2D eigenvalue weighted by molar-refractivity contribution is -0.134. The number of hydrogen-bond acceptors (Lipinski definition) is 8. The molecule has 138 valence electrons. The molecule has 0 aromatic carbocycles. The van der Waals surface area contributed by atoms with E-state index in [9.17, 15) is 4.79 Å². The summed E-state index contributed by atoms with van der Waals surface area (Å²) in [4.78, 5) is 29.3. The Hall–Kier alpha value is -2.55. The predicted molar refractivity (Wildman–Crippen MR) is 92.4 cm³/mol. The van der Waals surface area contributed by atoms with E-state index in [1.54, 1.807) is 11.1 Å². The highest BCUT2D eigenvalue weighted by molar-refractivity contribution is 5.76. The summed E-state index contributed by atoms with van der Waals surface area (Å²) in [7, 11) is 0. The third kappa shape index (κ3) is 3.52. The normalized spacial score (nSPS) is 18.4. The van der Waals surface area contributed by atoms with E-state index < -0.39 is 0 Å². The van der Waals surface area contributed by atoms with Gasteiger partial charge in [-0.15, -0.1) is 0 Å². The summed E-state index contributed by atoms with van der Waals surface area (Å²) in [5, 5.41) is 4.03. The van der Waals surface area contributed by atoms with E-state index in [0.29, 0.717) is 49.5 Å². The molecule has 2 aliphatic rings. The van der Waals surface area contributed by atoms with Crippen molar-refractivity contribution >= 4 is 11.9 Å². The number of aryl methyl sites for hydroxylation is 1. The van der Waals surface area contributed by atoms with Crippen LogP contribution in [0.15, 0.2) is 10.7 Å². The molecule has 0 atom stereocenters. The molecule has 2 saturated heterocycles. The molecular formula is C17H22N6O3. The Morgan fingerprint density at radius 2 is 2.00 bits per heavy atom. The molecule has 0 saturated carbocycles. The zero-order chi connectivity index (χ0) is 17.9. The predicted octanol–water partition coefficient (Wildman–Crippen LogP) is 1.18. The minimum atomic E-state index is 0.149. The highest BCUT2D eigenvalue weighted by atomic mass is 16.5. The molecule has 9 nitrogen and oxygen atoms in total. The smallest absolute Gasteiger partial charge is 0.277 e. The first kappa shape index (κ1) is 16.9. The number of ether oxygens (including phenoxy) is 1. The first-order valence-electron chi connectivity index (χ1n) is 8.98. The maximum Gasteiger partial charge on any atom is 0.277 e. The minimum Gasteiger partial charge on any atom is -0.378 e. The summed E-state index contributed by atoms with van der Waals surface area (Å²) in [6.45, 7) is 5.89. The molecule has 4 heterocycles. The van der Waals surface area contributed by atoms with Gasteiger partial charge in [-0.05, 0) is 25.3 Å². The van der Waals surface area contributed by atoms with Crippen molar-refractivity contribution < 1.29 is 14.1 Å². The molecule has 9 heteroatoms. The lowest BCUT2D eigenvalue weighted by Crippen LogP contribution is -2.37. The maximum atomic E-state index is 12.0. The van der Waals surface area contributed by atoms with Crippen molar-refractivity contribution in [2.45, 2.75) is 32.7 Å². The number of anilines is 1. The fourth-order valence-corrected chi connectivity index (χ4v) is 3.18. The van der Waals surface area contributed by atoms with Gasteiger partial charge in [-0.25, -0.2) is 9.97 Å². The van der Waals surface area contributed by atoms with Crippen molar-refractivity contribution in [3.05, 3.63) is 17.6 Å². The van der Waals surface area contributed by atoms with Crippen LogP contribution < -0.4 is 4.90 Å². The monoisotopic (exact) mass is 358 g/mol. The number of rotatable bonds is 4. The van der Waals surface area contributed by atoms with Gasteiger partial charge in [0.2, 0.25) is 11.9 Å². The number of morpholine rings is 1. The van der Waals surface area contributed by atoms with E-state index in [4.69, 9.17) is 9.26 Å². The topological polar surface area (TPSA) is 97.5 Å². The van der Waals surface area contributed by atoms with E-state index in [1.165, 1.54) is 0 Å².